The van der Waals surface area contributed by atoms with Crippen LogP contribution in [-0.4, -0.2) is 17.2 Å². The van der Waals surface area contributed by atoms with Gasteiger partial charge < -0.3 is 9.84 Å². The summed E-state index contributed by atoms with van der Waals surface area (Å²) in [6, 6.07) is 7.93. The van der Waals surface area contributed by atoms with Crippen molar-refractivity contribution < 1.29 is 4.52 Å². The maximum Gasteiger partial charge on any atom is 0.260 e. The number of nitrogens with one attached hydrogen (secondary N) is 1. The molecule has 1 aliphatic carbocycles. The quantitative estimate of drug-likeness (QED) is 0.855. The molecule has 4 heteroatoms. The van der Waals surface area contributed by atoms with E-state index in [0.717, 1.165) is 17.1 Å². The zero-order valence-electron chi connectivity index (χ0n) is 9.10. The van der Waals surface area contributed by atoms with Crippen molar-refractivity contribution in [2.45, 2.75) is 18.8 Å². The summed E-state index contributed by atoms with van der Waals surface area (Å²) in [5.74, 6) is 1.98. The summed E-state index contributed by atoms with van der Waals surface area (Å²) < 4.78 is 5.29. The van der Waals surface area contributed by atoms with E-state index in [1.54, 1.807) is 0 Å². The highest BCUT2D eigenvalue weighted by Gasteiger charge is 2.29. The number of nitrogens with zero attached hydrogens (tertiary/aromatic N) is 2. The molecule has 1 saturated carbocycles. The van der Waals surface area contributed by atoms with Crippen molar-refractivity contribution in [2.75, 3.05) is 12.4 Å². The maximum atomic E-state index is 5.29. The second-order valence-electron chi connectivity index (χ2n) is 4.03. The molecule has 16 heavy (non-hydrogen) atoms. The van der Waals surface area contributed by atoms with Gasteiger partial charge in [-0.25, -0.2) is 0 Å². The molecule has 0 amide bonds. The normalized spacial score (nSPS) is 15.1. The van der Waals surface area contributed by atoms with Crippen LogP contribution in [0.5, 0.6) is 0 Å². The zero-order valence-corrected chi connectivity index (χ0v) is 9.10. The first-order valence-electron chi connectivity index (χ1n) is 5.49. The van der Waals surface area contributed by atoms with Crippen LogP contribution >= 0.6 is 0 Å². The van der Waals surface area contributed by atoms with Gasteiger partial charge in [0.05, 0.1) is 5.56 Å². The predicted octanol–water partition coefficient (Wildman–Crippen LogP) is 2.66. The molecule has 4 nitrogen and oxygen atoms in total. The Morgan fingerprint density at radius 1 is 1.31 bits per heavy atom. The molecule has 0 saturated heterocycles. The molecule has 2 aromatic rings. The second-order valence-corrected chi connectivity index (χ2v) is 4.03. The molecule has 0 aliphatic heterocycles. The highest BCUT2D eigenvalue weighted by molar-refractivity contribution is 5.72. The molecule has 0 spiro atoms. The van der Waals surface area contributed by atoms with Gasteiger partial charge in [-0.2, -0.15) is 4.98 Å². The van der Waals surface area contributed by atoms with E-state index in [0.29, 0.717) is 11.8 Å². The van der Waals surface area contributed by atoms with Gasteiger partial charge in [0.15, 0.2) is 5.82 Å². The Morgan fingerprint density at radius 2 is 2.12 bits per heavy atom. The molecule has 0 atom stereocenters. The summed E-state index contributed by atoms with van der Waals surface area (Å²) >= 11 is 0. The topological polar surface area (TPSA) is 51.0 Å². The summed E-state index contributed by atoms with van der Waals surface area (Å²) in [4.78, 5) is 4.43. The predicted molar refractivity (Wildman–Crippen MR) is 61.3 cm³/mol. The Hall–Kier alpha value is -1.84. The van der Waals surface area contributed by atoms with E-state index in [9.17, 15) is 0 Å². The van der Waals surface area contributed by atoms with Gasteiger partial charge in [0.25, 0.3) is 5.89 Å². The first-order valence-corrected chi connectivity index (χ1v) is 5.49. The fraction of sp³-hybridized carbons (Fsp3) is 0.333. The largest absolute Gasteiger partial charge is 0.387 e. The summed E-state index contributed by atoms with van der Waals surface area (Å²) in [6.45, 7) is 0. The Kier molecular flexibility index (Phi) is 2.13. The van der Waals surface area contributed by atoms with E-state index in [-0.39, 0.29) is 0 Å². The first-order chi connectivity index (χ1) is 7.88. The molecule has 3 rings (SSSR count). The average molecular weight is 215 g/mol. The molecule has 1 aromatic carbocycles. The van der Waals surface area contributed by atoms with Crippen LogP contribution in [0.1, 0.15) is 24.6 Å². The fourth-order valence-corrected chi connectivity index (χ4v) is 1.74. The Morgan fingerprint density at radius 3 is 2.88 bits per heavy atom. The van der Waals surface area contributed by atoms with Crippen LogP contribution in [0.4, 0.5) is 5.69 Å². The molecule has 0 unspecified atom stereocenters. The smallest absolute Gasteiger partial charge is 0.260 e. The van der Waals surface area contributed by atoms with Crippen molar-refractivity contribution in [2.24, 2.45) is 0 Å². The second kappa shape index (κ2) is 3.63. The number of hydrogen-bond donors (Lipinski definition) is 1. The maximum absolute atomic E-state index is 5.29. The third kappa shape index (κ3) is 1.56. The minimum atomic E-state index is 0.527. The summed E-state index contributed by atoms with van der Waals surface area (Å²) in [5.41, 5.74) is 1.97. The van der Waals surface area contributed by atoms with E-state index in [4.69, 9.17) is 4.52 Å². The van der Waals surface area contributed by atoms with Gasteiger partial charge in [0.1, 0.15) is 0 Å². The van der Waals surface area contributed by atoms with Crippen molar-refractivity contribution in [1.82, 2.24) is 10.1 Å². The minimum Gasteiger partial charge on any atom is -0.387 e. The highest BCUT2D eigenvalue weighted by atomic mass is 16.5. The Bertz CT molecular complexity index is 502. The third-order valence-electron chi connectivity index (χ3n) is 2.81. The van der Waals surface area contributed by atoms with Crippen LogP contribution in [0.25, 0.3) is 11.5 Å². The fourth-order valence-electron chi connectivity index (χ4n) is 1.74. The lowest BCUT2D eigenvalue weighted by atomic mass is 10.2. The van der Waals surface area contributed by atoms with Crippen molar-refractivity contribution in [3.05, 3.63) is 30.1 Å². The first kappa shape index (κ1) is 9.39. The lowest BCUT2D eigenvalue weighted by Crippen LogP contribution is -1.91. The highest BCUT2D eigenvalue weighted by Crippen LogP contribution is 2.39. The van der Waals surface area contributed by atoms with Gasteiger partial charge in [0.2, 0.25) is 0 Å². The van der Waals surface area contributed by atoms with Crippen molar-refractivity contribution in [3.8, 4) is 11.5 Å². The van der Waals surface area contributed by atoms with Crippen LogP contribution in [-0.2, 0) is 0 Å². The monoisotopic (exact) mass is 215 g/mol. The van der Waals surface area contributed by atoms with Gasteiger partial charge in [-0.05, 0) is 25.0 Å². The molecular formula is C12H13N3O. The van der Waals surface area contributed by atoms with Crippen LogP contribution in [0.3, 0.4) is 0 Å². The molecular weight excluding hydrogens is 202 g/mol. The van der Waals surface area contributed by atoms with Crippen molar-refractivity contribution in [3.63, 3.8) is 0 Å². The minimum absolute atomic E-state index is 0.527. The number of para-hydroxylation sites is 1. The molecule has 1 aliphatic rings. The lowest BCUT2D eigenvalue weighted by Gasteiger charge is -2.03. The van der Waals surface area contributed by atoms with Crippen LogP contribution in [0, 0.1) is 0 Å². The molecule has 0 bridgehead atoms. The van der Waals surface area contributed by atoms with E-state index in [1.165, 1.54) is 12.8 Å². The van der Waals surface area contributed by atoms with Gasteiger partial charge in [-0.15, -0.1) is 0 Å². The summed E-state index contributed by atoms with van der Waals surface area (Å²) in [5, 5.41) is 7.14. The molecule has 1 aromatic heterocycles. The standard InChI is InChI=1S/C12H13N3O/c1-13-10-5-3-2-4-9(10)12-14-11(15-16-12)8-6-7-8/h2-5,8,13H,6-7H2,1H3. The summed E-state index contributed by atoms with van der Waals surface area (Å²) in [7, 11) is 1.89. The van der Waals surface area contributed by atoms with E-state index >= 15 is 0 Å². The number of aromatic nitrogens is 2. The van der Waals surface area contributed by atoms with E-state index < -0.39 is 0 Å². The van der Waals surface area contributed by atoms with Crippen LogP contribution in [0.2, 0.25) is 0 Å². The van der Waals surface area contributed by atoms with Gasteiger partial charge >= 0.3 is 0 Å². The van der Waals surface area contributed by atoms with Crippen molar-refractivity contribution in [1.29, 1.82) is 0 Å². The number of hydrogen-bond acceptors (Lipinski definition) is 4. The van der Waals surface area contributed by atoms with E-state index in [2.05, 4.69) is 15.5 Å². The van der Waals surface area contributed by atoms with Crippen LogP contribution in [0.15, 0.2) is 28.8 Å². The van der Waals surface area contributed by atoms with Crippen molar-refractivity contribution >= 4 is 5.69 Å². The SMILES string of the molecule is CNc1ccccc1-c1nc(C2CC2)no1. The molecule has 0 radical (unpaired) electrons. The van der Waals surface area contributed by atoms with Gasteiger partial charge in [-0.3, -0.25) is 0 Å². The third-order valence-corrected chi connectivity index (χ3v) is 2.81. The molecule has 1 N–H and O–H groups in total. The Balaban J connectivity index is 2.00. The zero-order chi connectivity index (χ0) is 11.0. The molecule has 1 fully saturated rings. The number of benzene rings is 1. The Labute approximate surface area is 93.7 Å². The lowest BCUT2D eigenvalue weighted by molar-refractivity contribution is 0.423. The number of anilines is 1. The average Bonchev–Trinajstić information content (AvgIpc) is 3.07. The summed E-state index contributed by atoms with van der Waals surface area (Å²) in [6.07, 6.45) is 2.37. The van der Waals surface area contributed by atoms with Gasteiger partial charge in [0, 0.05) is 18.7 Å². The van der Waals surface area contributed by atoms with Crippen LogP contribution < -0.4 is 5.32 Å². The molecule has 1 heterocycles. The van der Waals surface area contributed by atoms with Gasteiger partial charge in [-0.1, -0.05) is 17.3 Å². The molecule has 82 valence electrons. The number of rotatable bonds is 3. The van der Waals surface area contributed by atoms with E-state index in [1.807, 2.05) is 31.3 Å².